The number of halogens is 5. The van der Waals surface area contributed by atoms with Crippen LogP contribution in [-0.4, -0.2) is 6.18 Å². The Balaban J connectivity index is 2.45. The molecule has 0 fully saturated rings. The molecule has 86 valence electrons. The number of benzene rings is 1. The molecule has 0 saturated heterocycles. The van der Waals surface area contributed by atoms with Crippen molar-refractivity contribution in [3.8, 4) is 0 Å². The van der Waals surface area contributed by atoms with Crippen LogP contribution in [0.25, 0.3) is 0 Å². The molecule has 0 radical (unpaired) electrons. The van der Waals surface area contributed by atoms with Crippen LogP contribution in [0.15, 0.2) is 28.4 Å². The van der Waals surface area contributed by atoms with Crippen molar-refractivity contribution in [2.75, 3.05) is 0 Å². The summed E-state index contributed by atoms with van der Waals surface area (Å²) < 4.78 is 39.0. The van der Waals surface area contributed by atoms with Crippen LogP contribution >= 0.6 is 38.5 Å². The van der Waals surface area contributed by atoms with Crippen LogP contribution in [0.3, 0.4) is 0 Å². The molecular formula is C9H5BrF3IN2. The van der Waals surface area contributed by atoms with Crippen LogP contribution in [0.2, 0.25) is 0 Å². The Bertz CT molecular complexity index is 453. The molecule has 0 unspecified atom stereocenters. The Morgan fingerprint density at radius 2 is 1.88 bits per heavy atom. The van der Waals surface area contributed by atoms with E-state index in [0.717, 1.165) is 9.13 Å². The number of hydrogen-bond donors (Lipinski definition) is 0. The largest absolute Gasteiger partial charge is 0.442 e. The van der Waals surface area contributed by atoms with Gasteiger partial charge in [-0.25, -0.2) is 0 Å². The lowest BCUT2D eigenvalue weighted by Gasteiger charge is -2.15. The molecule has 0 amide bonds. The van der Waals surface area contributed by atoms with Crippen molar-refractivity contribution in [1.82, 2.24) is 0 Å². The second-order valence-corrected chi connectivity index (χ2v) is 5.16. The van der Waals surface area contributed by atoms with E-state index in [1.54, 1.807) is 0 Å². The smallest absolute Gasteiger partial charge is 0.166 e. The molecule has 0 atom stereocenters. The van der Waals surface area contributed by atoms with Crippen molar-refractivity contribution >= 4 is 38.5 Å². The standard InChI is InChI=1S/C9H5BrF3IN2/c10-4-5-1-6(3-7(14)2-5)8(15-16-8)9(11,12)13/h1-3H,4H2. The van der Waals surface area contributed by atoms with Gasteiger partial charge in [-0.15, -0.1) is 10.2 Å². The van der Waals surface area contributed by atoms with Gasteiger partial charge >= 0.3 is 11.8 Å². The molecular weight excluding hydrogens is 400 g/mol. The molecule has 1 aromatic rings. The summed E-state index contributed by atoms with van der Waals surface area (Å²) in [4.78, 5) is 0. The summed E-state index contributed by atoms with van der Waals surface area (Å²) in [5.74, 6) is 0. The summed E-state index contributed by atoms with van der Waals surface area (Å²) in [5, 5.41) is 6.85. The van der Waals surface area contributed by atoms with Crippen molar-refractivity contribution < 1.29 is 13.2 Å². The van der Waals surface area contributed by atoms with E-state index in [-0.39, 0.29) is 5.56 Å². The average molecular weight is 405 g/mol. The maximum Gasteiger partial charge on any atom is 0.442 e. The summed E-state index contributed by atoms with van der Waals surface area (Å²) in [6.07, 6.45) is -4.46. The first kappa shape index (κ1) is 12.3. The molecule has 1 heterocycles. The minimum Gasteiger partial charge on any atom is -0.166 e. The van der Waals surface area contributed by atoms with Gasteiger partial charge < -0.3 is 0 Å². The molecule has 1 aliphatic rings. The van der Waals surface area contributed by atoms with E-state index in [4.69, 9.17) is 0 Å². The van der Waals surface area contributed by atoms with Gasteiger partial charge in [0.1, 0.15) is 0 Å². The lowest BCUT2D eigenvalue weighted by molar-refractivity contribution is -0.166. The number of hydrogen-bond acceptors (Lipinski definition) is 2. The zero-order valence-corrected chi connectivity index (χ0v) is 11.5. The molecule has 1 aromatic carbocycles. The van der Waals surface area contributed by atoms with Crippen LogP contribution < -0.4 is 0 Å². The first-order valence-corrected chi connectivity index (χ1v) is 6.46. The van der Waals surface area contributed by atoms with Crippen molar-refractivity contribution in [1.29, 1.82) is 0 Å². The Labute approximate surface area is 112 Å². The molecule has 0 spiro atoms. The van der Waals surface area contributed by atoms with Gasteiger partial charge in [0.25, 0.3) is 0 Å². The lowest BCUT2D eigenvalue weighted by Crippen LogP contribution is -2.30. The fourth-order valence-corrected chi connectivity index (χ4v) is 2.43. The Morgan fingerprint density at radius 3 is 2.31 bits per heavy atom. The van der Waals surface area contributed by atoms with Crippen LogP contribution in [0.1, 0.15) is 11.1 Å². The molecule has 0 aliphatic carbocycles. The van der Waals surface area contributed by atoms with Crippen molar-refractivity contribution in [3.05, 3.63) is 32.9 Å². The topological polar surface area (TPSA) is 24.7 Å². The highest BCUT2D eigenvalue weighted by atomic mass is 127. The fourth-order valence-electron chi connectivity index (χ4n) is 1.37. The van der Waals surface area contributed by atoms with Crippen LogP contribution in [0.4, 0.5) is 13.2 Å². The Morgan fingerprint density at radius 1 is 1.25 bits per heavy atom. The van der Waals surface area contributed by atoms with Gasteiger partial charge in [-0.05, 0) is 40.3 Å². The predicted molar refractivity (Wildman–Crippen MR) is 64.4 cm³/mol. The molecule has 16 heavy (non-hydrogen) atoms. The molecule has 7 heteroatoms. The number of rotatable bonds is 2. The summed E-state index contributed by atoms with van der Waals surface area (Å²) in [5.41, 5.74) is -1.45. The van der Waals surface area contributed by atoms with E-state index in [2.05, 4.69) is 26.2 Å². The minimum absolute atomic E-state index is 0.0846. The quantitative estimate of drug-likeness (QED) is 0.516. The second-order valence-electron chi connectivity index (χ2n) is 3.35. The Kier molecular flexibility index (Phi) is 3.02. The van der Waals surface area contributed by atoms with Gasteiger partial charge in [0.15, 0.2) is 0 Å². The number of nitrogens with zero attached hydrogens (tertiary/aromatic N) is 2. The molecule has 0 bridgehead atoms. The van der Waals surface area contributed by atoms with E-state index in [1.807, 2.05) is 28.7 Å². The van der Waals surface area contributed by atoms with E-state index in [9.17, 15) is 13.2 Å². The van der Waals surface area contributed by atoms with Gasteiger partial charge in [-0.2, -0.15) is 13.2 Å². The third-order valence-electron chi connectivity index (χ3n) is 2.21. The van der Waals surface area contributed by atoms with Gasteiger partial charge in [0, 0.05) is 14.5 Å². The highest BCUT2D eigenvalue weighted by Crippen LogP contribution is 2.52. The maximum absolute atomic E-state index is 12.7. The summed E-state index contributed by atoms with van der Waals surface area (Å²) in [6.45, 7) is 0. The SMILES string of the molecule is FC(F)(F)C1(c2cc(I)cc(CBr)c2)N=N1. The van der Waals surface area contributed by atoms with Crippen molar-refractivity contribution in [2.24, 2.45) is 10.2 Å². The molecule has 0 N–H and O–H groups in total. The van der Waals surface area contributed by atoms with Crippen LogP contribution in [0.5, 0.6) is 0 Å². The first-order valence-electron chi connectivity index (χ1n) is 4.26. The van der Waals surface area contributed by atoms with E-state index < -0.39 is 11.8 Å². The Hall–Kier alpha value is -0.180. The monoisotopic (exact) mass is 404 g/mol. The first-order chi connectivity index (χ1) is 7.39. The molecule has 0 saturated carbocycles. The van der Waals surface area contributed by atoms with Crippen molar-refractivity contribution in [3.63, 3.8) is 0 Å². The van der Waals surface area contributed by atoms with Gasteiger partial charge in [0.05, 0.1) is 0 Å². The van der Waals surface area contributed by atoms with E-state index in [1.165, 1.54) is 12.1 Å². The highest BCUT2D eigenvalue weighted by molar-refractivity contribution is 14.1. The van der Waals surface area contributed by atoms with E-state index in [0.29, 0.717) is 5.33 Å². The minimum atomic E-state index is -4.46. The molecule has 0 aromatic heterocycles. The fraction of sp³-hybridized carbons (Fsp3) is 0.333. The van der Waals surface area contributed by atoms with Gasteiger partial charge in [0.2, 0.25) is 0 Å². The summed E-state index contributed by atoms with van der Waals surface area (Å²) >= 11 is 5.20. The van der Waals surface area contributed by atoms with Gasteiger partial charge in [-0.1, -0.05) is 22.0 Å². The van der Waals surface area contributed by atoms with Crippen LogP contribution in [-0.2, 0) is 11.0 Å². The van der Waals surface area contributed by atoms with Gasteiger partial charge in [-0.3, -0.25) is 0 Å². The molecule has 1 aliphatic heterocycles. The zero-order chi connectivity index (χ0) is 12.0. The normalized spacial score (nSPS) is 17.6. The summed E-state index contributed by atoms with van der Waals surface area (Å²) in [6, 6.07) is 4.75. The maximum atomic E-state index is 12.7. The number of alkyl halides is 4. The lowest BCUT2D eigenvalue weighted by atomic mass is 10.0. The van der Waals surface area contributed by atoms with E-state index >= 15 is 0 Å². The molecule has 2 rings (SSSR count). The zero-order valence-electron chi connectivity index (χ0n) is 7.72. The molecule has 2 nitrogen and oxygen atoms in total. The highest BCUT2D eigenvalue weighted by Gasteiger charge is 2.65. The summed E-state index contributed by atoms with van der Waals surface area (Å²) in [7, 11) is 0. The van der Waals surface area contributed by atoms with Crippen molar-refractivity contribution in [2.45, 2.75) is 17.2 Å². The van der Waals surface area contributed by atoms with Crippen LogP contribution in [0, 0.1) is 3.57 Å². The third kappa shape index (κ3) is 1.99. The average Bonchev–Trinajstić information content (AvgIpc) is 2.96. The second kappa shape index (κ2) is 3.94. The predicted octanol–water partition coefficient (Wildman–Crippen LogP) is 4.37. The third-order valence-corrected chi connectivity index (χ3v) is 3.48.